The van der Waals surface area contributed by atoms with Gasteiger partial charge in [-0.25, -0.2) is 10.2 Å². The summed E-state index contributed by atoms with van der Waals surface area (Å²) in [5.41, 5.74) is 12.5. The first-order chi connectivity index (χ1) is 11.2. The van der Waals surface area contributed by atoms with E-state index in [0.717, 1.165) is 0 Å². The minimum absolute atomic E-state index is 0.268. The molecule has 0 unspecified atom stereocenters. The average molecular weight is 332 g/mol. The van der Waals surface area contributed by atoms with Gasteiger partial charge in [0.1, 0.15) is 0 Å². The molecule has 11 nitrogen and oxygen atoms in total. The Bertz CT molecular complexity index is 375. The molecule has 11 heteroatoms. The fourth-order valence-corrected chi connectivity index (χ4v) is 1.19. The van der Waals surface area contributed by atoms with E-state index >= 15 is 0 Å². The summed E-state index contributed by atoms with van der Waals surface area (Å²) in [7, 11) is 0. The number of nitrogens with zero attached hydrogens (tertiary/aromatic N) is 3. The van der Waals surface area contributed by atoms with Gasteiger partial charge in [0.2, 0.25) is 5.91 Å². The van der Waals surface area contributed by atoms with Crippen LogP contribution in [0.15, 0.2) is 5.11 Å². The van der Waals surface area contributed by atoms with Crippen LogP contribution >= 0.6 is 0 Å². The molecule has 0 bridgehead atoms. The number of hydrogen-bond acceptors (Lipinski definition) is 6. The molecule has 0 aliphatic heterocycles. The van der Waals surface area contributed by atoms with Gasteiger partial charge in [0.05, 0.1) is 39.6 Å². The van der Waals surface area contributed by atoms with Crippen LogP contribution in [0.4, 0.5) is 4.79 Å². The Balaban J connectivity index is 3.19. The third-order valence-electron chi connectivity index (χ3n) is 2.31. The Labute approximate surface area is 134 Å². The molecule has 0 radical (unpaired) electrons. The fraction of sp³-hybridized carbons (Fsp3) is 0.833. The van der Waals surface area contributed by atoms with Crippen LogP contribution in [-0.4, -0.2) is 64.7 Å². The van der Waals surface area contributed by atoms with E-state index in [1.165, 1.54) is 0 Å². The number of nitrogens with one attached hydrogen (secondary N) is 3. The summed E-state index contributed by atoms with van der Waals surface area (Å²) in [6, 6.07) is -0.496. The highest BCUT2D eigenvalue weighted by atomic mass is 16.5. The number of azide groups is 1. The van der Waals surface area contributed by atoms with E-state index < -0.39 is 6.03 Å². The van der Waals surface area contributed by atoms with Crippen LogP contribution in [0.2, 0.25) is 0 Å². The van der Waals surface area contributed by atoms with E-state index in [9.17, 15) is 9.59 Å². The molecule has 0 saturated carbocycles. The molecular formula is C12H24N6O5. The lowest BCUT2D eigenvalue weighted by Crippen LogP contribution is -2.47. The molecule has 0 aliphatic rings. The highest BCUT2D eigenvalue weighted by molar-refractivity contribution is 5.80. The quantitative estimate of drug-likeness (QED) is 0.144. The van der Waals surface area contributed by atoms with E-state index in [0.29, 0.717) is 59.2 Å². The molecule has 3 amide bonds. The van der Waals surface area contributed by atoms with Gasteiger partial charge in [0.15, 0.2) is 0 Å². The molecule has 0 aromatic heterocycles. The van der Waals surface area contributed by atoms with E-state index in [4.69, 9.17) is 19.7 Å². The van der Waals surface area contributed by atoms with Crippen molar-refractivity contribution in [1.82, 2.24) is 16.2 Å². The summed E-state index contributed by atoms with van der Waals surface area (Å²) in [6.07, 6.45) is 0.294. The molecule has 3 N–H and O–H groups in total. The summed E-state index contributed by atoms with van der Waals surface area (Å²) >= 11 is 0. The standard InChI is InChI=1S/C12H24N6O5/c1-2-11(19)16-17-12(20)14-3-5-21-7-9-23-10-8-22-6-4-15-18-13/h2-10H2,1H3,(H,16,19)(H2,14,17,20). The first-order valence-electron chi connectivity index (χ1n) is 7.27. The van der Waals surface area contributed by atoms with Gasteiger partial charge in [-0.05, 0) is 5.53 Å². The molecule has 0 aromatic rings. The summed E-state index contributed by atoms with van der Waals surface area (Å²) in [4.78, 5) is 24.7. The van der Waals surface area contributed by atoms with Crippen LogP contribution in [0, 0.1) is 0 Å². The highest BCUT2D eigenvalue weighted by Gasteiger charge is 2.00. The molecule has 0 aromatic carbocycles. The van der Waals surface area contributed by atoms with Crippen LogP contribution in [0.5, 0.6) is 0 Å². The number of ether oxygens (including phenoxy) is 3. The molecule has 23 heavy (non-hydrogen) atoms. The zero-order valence-corrected chi connectivity index (χ0v) is 13.2. The molecule has 0 aliphatic carbocycles. The maximum Gasteiger partial charge on any atom is 0.333 e. The van der Waals surface area contributed by atoms with Crippen LogP contribution in [0.1, 0.15) is 13.3 Å². The molecular weight excluding hydrogens is 308 g/mol. The minimum atomic E-state index is -0.496. The van der Waals surface area contributed by atoms with Crippen LogP contribution in [-0.2, 0) is 19.0 Å². The van der Waals surface area contributed by atoms with Crippen LogP contribution in [0.25, 0.3) is 10.4 Å². The molecule has 0 spiro atoms. The predicted molar refractivity (Wildman–Crippen MR) is 81.4 cm³/mol. The first-order valence-corrected chi connectivity index (χ1v) is 7.27. The number of urea groups is 1. The Morgan fingerprint density at radius 3 is 2.22 bits per heavy atom. The van der Waals surface area contributed by atoms with Crippen molar-refractivity contribution in [2.75, 3.05) is 52.7 Å². The first kappa shape index (κ1) is 20.9. The van der Waals surface area contributed by atoms with Gasteiger partial charge in [-0.1, -0.05) is 12.0 Å². The predicted octanol–water partition coefficient (Wildman–Crippen LogP) is 0.0869. The molecule has 0 atom stereocenters. The fourth-order valence-electron chi connectivity index (χ4n) is 1.19. The van der Waals surface area contributed by atoms with Gasteiger partial charge in [-0.3, -0.25) is 10.2 Å². The highest BCUT2D eigenvalue weighted by Crippen LogP contribution is 1.82. The van der Waals surface area contributed by atoms with Crippen LogP contribution < -0.4 is 16.2 Å². The van der Waals surface area contributed by atoms with Crippen molar-refractivity contribution in [3.63, 3.8) is 0 Å². The van der Waals surface area contributed by atoms with Crippen LogP contribution in [0.3, 0.4) is 0 Å². The summed E-state index contributed by atoms with van der Waals surface area (Å²) in [5, 5.41) is 5.84. The summed E-state index contributed by atoms with van der Waals surface area (Å²) in [6.45, 7) is 4.67. The van der Waals surface area contributed by atoms with Gasteiger partial charge in [-0.15, -0.1) is 0 Å². The lowest BCUT2D eigenvalue weighted by Gasteiger charge is -2.09. The van der Waals surface area contributed by atoms with Crippen molar-refractivity contribution in [3.05, 3.63) is 10.4 Å². The lowest BCUT2D eigenvalue weighted by atomic mass is 10.5. The maximum atomic E-state index is 11.2. The number of carbonyl (C=O) groups is 2. The molecule has 132 valence electrons. The lowest BCUT2D eigenvalue weighted by molar-refractivity contribution is -0.121. The van der Waals surface area contributed by atoms with Gasteiger partial charge < -0.3 is 19.5 Å². The van der Waals surface area contributed by atoms with E-state index in [1.807, 2.05) is 0 Å². The van der Waals surface area contributed by atoms with Gasteiger partial charge in [0.25, 0.3) is 0 Å². The maximum absolute atomic E-state index is 11.2. The third kappa shape index (κ3) is 16.1. The topological polar surface area (TPSA) is 147 Å². The second-order valence-electron chi connectivity index (χ2n) is 4.07. The smallest absolute Gasteiger partial charge is 0.333 e. The van der Waals surface area contributed by atoms with Crippen molar-refractivity contribution in [3.8, 4) is 0 Å². The van der Waals surface area contributed by atoms with Crippen molar-refractivity contribution in [1.29, 1.82) is 0 Å². The molecule has 0 saturated heterocycles. The summed E-state index contributed by atoms with van der Waals surface area (Å²) in [5.74, 6) is -0.268. The van der Waals surface area contributed by atoms with E-state index in [2.05, 4.69) is 26.2 Å². The largest absolute Gasteiger partial charge is 0.379 e. The second kappa shape index (κ2) is 16.3. The van der Waals surface area contributed by atoms with E-state index in [-0.39, 0.29) is 5.91 Å². The molecule has 0 heterocycles. The zero-order chi connectivity index (χ0) is 17.2. The van der Waals surface area contributed by atoms with Crippen molar-refractivity contribution in [2.24, 2.45) is 5.11 Å². The van der Waals surface area contributed by atoms with Gasteiger partial charge in [0, 0.05) is 24.4 Å². The number of rotatable bonds is 13. The average Bonchev–Trinajstić information content (AvgIpc) is 2.56. The van der Waals surface area contributed by atoms with Crippen molar-refractivity contribution in [2.45, 2.75) is 13.3 Å². The Morgan fingerprint density at radius 2 is 1.61 bits per heavy atom. The van der Waals surface area contributed by atoms with Gasteiger partial charge >= 0.3 is 6.03 Å². The summed E-state index contributed by atoms with van der Waals surface area (Å²) < 4.78 is 15.6. The van der Waals surface area contributed by atoms with Gasteiger partial charge in [-0.2, -0.15) is 0 Å². The van der Waals surface area contributed by atoms with E-state index in [1.54, 1.807) is 6.92 Å². The number of carbonyl (C=O) groups excluding carboxylic acids is 2. The monoisotopic (exact) mass is 332 g/mol. The van der Waals surface area contributed by atoms with Crippen molar-refractivity contribution < 1.29 is 23.8 Å². The minimum Gasteiger partial charge on any atom is -0.379 e. The SMILES string of the molecule is CCC(=O)NNC(=O)NCCOCCOCCOCCN=[N+]=[N-]. The normalized spacial score (nSPS) is 9.78. The van der Waals surface area contributed by atoms with Crippen molar-refractivity contribution >= 4 is 11.9 Å². The Morgan fingerprint density at radius 1 is 1.00 bits per heavy atom. The number of amides is 3. The number of hydrogen-bond donors (Lipinski definition) is 3. The second-order valence-corrected chi connectivity index (χ2v) is 4.07. The zero-order valence-electron chi connectivity index (χ0n) is 13.2. The molecule has 0 rings (SSSR count). The Kier molecular flexibility index (Phi) is 14.8. The molecule has 0 fully saturated rings. The third-order valence-corrected chi connectivity index (χ3v) is 2.31. The number of hydrazine groups is 1. The Hall–Kier alpha value is -2.07.